The molecule has 3 amide bonds. The molecule has 2 fully saturated rings. The maximum absolute atomic E-state index is 12.9. The predicted octanol–water partition coefficient (Wildman–Crippen LogP) is 3.22. The van der Waals surface area contributed by atoms with Crippen molar-refractivity contribution < 1.29 is 33.3 Å². The van der Waals surface area contributed by atoms with Crippen LogP contribution in [-0.4, -0.2) is 76.1 Å². The zero-order valence-electron chi connectivity index (χ0n) is 20.2. The molecule has 0 radical (unpaired) electrons. The molecule has 2 aromatic rings. The van der Waals surface area contributed by atoms with E-state index in [-0.39, 0.29) is 4.91 Å². The van der Waals surface area contributed by atoms with E-state index in [1.807, 2.05) is 12.1 Å². The van der Waals surface area contributed by atoms with Crippen molar-refractivity contribution in [3.05, 3.63) is 46.9 Å². The van der Waals surface area contributed by atoms with E-state index in [2.05, 4.69) is 10.2 Å². The predicted molar refractivity (Wildman–Crippen MR) is 137 cm³/mol. The second-order valence-corrected chi connectivity index (χ2v) is 8.90. The minimum Gasteiger partial charge on any atom is -0.496 e. The summed E-state index contributed by atoms with van der Waals surface area (Å²) in [5.74, 6) is 0.329. The Kier molecular flexibility index (Phi) is 8.01. The Morgan fingerprint density at radius 1 is 1.00 bits per heavy atom. The van der Waals surface area contributed by atoms with Gasteiger partial charge in [0.2, 0.25) is 5.91 Å². The highest BCUT2D eigenvalue weighted by atomic mass is 32.2. The Balaban J connectivity index is 1.43. The van der Waals surface area contributed by atoms with Gasteiger partial charge in [0.15, 0.2) is 11.5 Å². The van der Waals surface area contributed by atoms with Crippen LogP contribution in [0.15, 0.2) is 41.3 Å². The summed E-state index contributed by atoms with van der Waals surface area (Å²) in [6.07, 6.45) is 1.54. The largest absolute Gasteiger partial charge is 0.496 e. The number of ether oxygens (including phenoxy) is 4. The van der Waals surface area contributed by atoms with E-state index in [1.165, 1.54) is 27.4 Å². The van der Waals surface area contributed by atoms with Crippen molar-refractivity contribution in [2.45, 2.75) is 0 Å². The zero-order chi connectivity index (χ0) is 25.7. The van der Waals surface area contributed by atoms with E-state index in [1.54, 1.807) is 24.3 Å². The number of nitrogens with zero attached hydrogens (tertiary/aromatic N) is 2. The van der Waals surface area contributed by atoms with Crippen LogP contribution in [0.1, 0.15) is 5.56 Å². The number of benzene rings is 2. The van der Waals surface area contributed by atoms with Crippen LogP contribution in [0, 0.1) is 0 Å². The molecular weight excluding hydrogens is 486 g/mol. The van der Waals surface area contributed by atoms with E-state index >= 15 is 0 Å². The summed E-state index contributed by atoms with van der Waals surface area (Å²) in [5.41, 5.74) is 2.15. The van der Waals surface area contributed by atoms with E-state index in [0.29, 0.717) is 41.7 Å². The van der Waals surface area contributed by atoms with Crippen molar-refractivity contribution in [1.82, 2.24) is 4.90 Å². The van der Waals surface area contributed by atoms with Gasteiger partial charge in [-0.05, 0) is 48.2 Å². The van der Waals surface area contributed by atoms with Gasteiger partial charge in [-0.3, -0.25) is 19.3 Å². The van der Waals surface area contributed by atoms with Gasteiger partial charge < -0.3 is 29.2 Å². The Morgan fingerprint density at radius 2 is 1.64 bits per heavy atom. The zero-order valence-corrected chi connectivity index (χ0v) is 21.1. The van der Waals surface area contributed by atoms with Gasteiger partial charge in [-0.1, -0.05) is 0 Å². The van der Waals surface area contributed by atoms with Gasteiger partial charge in [-0.2, -0.15) is 0 Å². The van der Waals surface area contributed by atoms with Gasteiger partial charge in [-0.25, -0.2) is 0 Å². The normalized spacial score (nSPS) is 16.9. The molecule has 2 aromatic carbocycles. The molecule has 2 aliphatic rings. The quantitative estimate of drug-likeness (QED) is 0.533. The first-order valence-corrected chi connectivity index (χ1v) is 12.0. The number of thioether (sulfide) groups is 1. The molecule has 0 aliphatic carbocycles. The maximum atomic E-state index is 12.9. The fourth-order valence-corrected chi connectivity index (χ4v) is 4.69. The Bertz CT molecular complexity index is 1180. The van der Waals surface area contributed by atoms with Crippen molar-refractivity contribution in [3.63, 3.8) is 0 Å². The first-order chi connectivity index (χ1) is 17.4. The highest BCUT2D eigenvalue weighted by molar-refractivity contribution is 8.18. The average Bonchev–Trinajstić information content (AvgIpc) is 3.16. The van der Waals surface area contributed by atoms with Crippen molar-refractivity contribution in [2.75, 3.05) is 64.4 Å². The first-order valence-electron chi connectivity index (χ1n) is 11.2. The smallest absolute Gasteiger partial charge is 0.294 e. The van der Waals surface area contributed by atoms with E-state index < -0.39 is 23.6 Å². The van der Waals surface area contributed by atoms with Gasteiger partial charge in [0.1, 0.15) is 12.3 Å². The van der Waals surface area contributed by atoms with Gasteiger partial charge >= 0.3 is 0 Å². The molecule has 0 saturated carbocycles. The molecule has 0 bridgehead atoms. The Hall–Kier alpha value is -3.70. The number of amides is 3. The lowest BCUT2D eigenvalue weighted by Gasteiger charge is -2.28. The van der Waals surface area contributed by atoms with Crippen LogP contribution < -0.4 is 24.4 Å². The number of methoxy groups -OCH3 is 3. The number of hydrogen-bond acceptors (Lipinski definition) is 9. The van der Waals surface area contributed by atoms with Crippen LogP contribution in [0.25, 0.3) is 6.08 Å². The number of carbonyl (C=O) groups excluding carboxylic acids is 3. The lowest BCUT2D eigenvalue weighted by atomic mass is 10.1. The fourth-order valence-electron chi connectivity index (χ4n) is 3.86. The minimum absolute atomic E-state index is 0.174. The van der Waals surface area contributed by atoms with Crippen molar-refractivity contribution in [3.8, 4) is 17.2 Å². The third-order valence-corrected chi connectivity index (χ3v) is 6.63. The average molecular weight is 514 g/mol. The van der Waals surface area contributed by atoms with Crippen LogP contribution in [0.2, 0.25) is 0 Å². The first kappa shape index (κ1) is 25.4. The molecule has 0 aromatic heterocycles. The summed E-state index contributed by atoms with van der Waals surface area (Å²) in [7, 11) is 4.49. The van der Waals surface area contributed by atoms with Gasteiger partial charge in [-0.15, -0.1) is 0 Å². The molecule has 1 N–H and O–H groups in total. The highest BCUT2D eigenvalue weighted by Crippen LogP contribution is 2.38. The molecule has 11 heteroatoms. The Labute approximate surface area is 213 Å². The van der Waals surface area contributed by atoms with Crippen molar-refractivity contribution in [1.29, 1.82) is 0 Å². The molecule has 2 saturated heterocycles. The molecule has 4 rings (SSSR count). The van der Waals surface area contributed by atoms with Gasteiger partial charge in [0.05, 0.1) is 39.4 Å². The SMILES string of the molecule is COc1cc(OC)c(OC)cc1/C=C1/SC(=O)N(CC(=O)Nc2ccc(N3CCOCC3)cc2)C1=O. The number of anilines is 2. The topological polar surface area (TPSA) is 107 Å². The lowest BCUT2D eigenvalue weighted by molar-refractivity contribution is -0.127. The third kappa shape index (κ3) is 5.58. The summed E-state index contributed by atoms with van der Waals surface area (Å²) < 4.78 is 21.4. The minimum atomic E-state index is -0.556. The summed E-state index contributed by atoms with van der Waals surface area (Å²) in [6, 6.07) is 10.7. The van der Waals surface area contributed by atoms with Crippen molar-refractivity contribution in [2.24, 2.45) is 0 Å². The van der Waals surface area contributed by atoms with Crippen LogP contribution in [0.4, 0.5) is 16.2 Å². The molecule has 190 valence electrons. The van der Waals surface area contributed by atoms with Crippen molar-refractivity contribution >= 4 is 46.3 Å². The molecule has 10 nitrogen and oxygen atoms in total. The third-order valence-electron chi connectivity index (χ3n) is 5.73. The Morgan fingerprint density at radius 3 is 2.28 bits per heavy atom. The number of imide groups is 1. The van der Waals surface area contributed by atoms with Crippen LogP contribution in [-0.2, 0) is 14.3 Å². The van der Waals surface area contributed by atoms with Crippen LogP contribution >= 0.6 is 11.8 Å². The summed E-state index contributed by atoms with van der Waals surface area (Å²) in [4.78, 5) is 41.4. The standard InChI is InChI=1S/C25H27N3O7S/c1-32-19-14-21(34-3)20(33-2)12-16(19)13-22-24(30)28(25(31)36-22)15-23(29)26-17-4-6-18(7-5-17)27-8-10-35-11-9-27/h4-7,12-14H,8-11,15H2,1-3H3,(H,26,29)/b22-13+. The van der Waals surface area contributed by atoms with Crippen LogP contribution in [0.3, 0.4) is 0 Å². The summed E-state index contributed by atoms with van der Waals surface area (Å²) in [5, 5.41) is 2.22. The number of hydrogen-bond donors (Lipinski definition) is 1. The second-order valence-electron chi connectivity index (χ2n) is 7.91. The van der Waals surface area contributed by atoms with Gasteiger partial charge in [0, 0.05) is 36.1 Å². The van der Waals surface area contributed by atoms with E-state index in [4.69, 9.17) is 18.9 Å². The highest BCUT2D eigenvalue weighted by Gasteiger charge is 2.36. The molecule has 2 heterocycles. The number of nitrogens with one attached hydrogen (secondary N) is 1. The number of carbonyl (C=O) groups is 3. The number of rotatable bonds is 8. The number of morpholine rings is 1. The molecule has 0 spiro atoms. The summed E-state index contributed by atoms with van der Waals surface area (Å²) >= 11 is 0.760. The van der Waals surface area contributed by atoms with Gasteiger partial charge in [0.25, 0.3) is 11.1 Å². The molecule has 0 atom stereocenters. The molecular formula is C25H27N3O7S. The fraction of sp³-hybridized carbons (Fsp3) is 0.320. The van der Waals surface area contributed by atoms with Crippen LogP contribution in [0.5, 0.6) is 17.2 Å². The second kappa shape index (κ2) is 11.4. The molecule has 2 aliphatic heterocycles. The van der Waals surface area contributed by atoms with E-state index in [9.17, 15) is 14.4 Å². The lowest BCUT2D eigenvalue weighted by Crippen LogP contribution is -2.36. The van der Waals surface area contributed by atoms with E-state index in [0.717, 1.165) is 35.4 Å². The monoisotopic (exact) mass is 513 g/mol. The maximum Gasteiger partial charge on any atom is 0.294 e. The molecule has 36 heavy (non-hydrogen) atoms. The summed E-state index contributed by atoms with van der Waals surface area (Å²) in [6.45, 7) is 2.60. The molecule has 0 unspecified atom stereocenters.